The van der Waals surface area contributed by atoms with Gasteiger partial charge in [0.25, 0.3) is 0 Å². The van der Waals surface area contributed by atoms with E-state index in [1.165, 1.54) is 0 Å². The lowest BCUT2D eigenvalue weighted by Crippen LogP contribution is -2.68. The second-order valence-corrected chi connectivity index (χ2v) is 6.75. The molecular formula is C15H24N2O3. The molecule has 0 bridgehead atoms. The number of hydrogen-bond acceptors (Lipinski definition) is 3. The van der Waals surface area contributed by atoms with Crippen LogP contribution < -0.4 is 5.32 Å². The first kappa shape index (κ1) is 13.9. The largest absolute Gasteiger partial charge is 0.373 e. The average Bonchev–Trinajstić information content (AvgIpc) is 2.83. The van der Waals surface area contributed by atoms with Gasteiger partial charge >= 0.3 is 0 Å². The summed E-state index contributed by atoms with van der Waals surface area (Å²) < 4.78 is 5.78. The van der Waals surface area contributed by atoms with Crippen LogP contribution in [0.4, 0.5) is 0 Å². The Balaban J connectivity index is 1.76. The van der Waals surface area contributed by atoms with E-state index in [9.17, 15) is 9.59 Å². The summed E-state index contributed by atoms with van der Waals surface area (Å²) in [7, 11) is 0. The lowest BCUT2D eigenvalue weighted by atomic mass is 9.79. The minimum absolute atomic E-state index is 0.0203. The van der Waals surface area contributed by atoms with Crippen molar-refractivity contribution < 1.29 is 14.3 Å². The third-order valence-electron chi connectivity index (χ3n) is 4.94. The minimum atomic E-state index is -0.622. The molecule has 2 amide bonds. The molecule has 1 saturated carbocycles. The van der Waals surface area contributed by atoms with Gasteiger partial charge in [0.1, 0.15) is 5.54 Å². The number of nitrogens with one attached hydrogen (secondary N) is 1. The molecule has 0 radical (unpaired) electrons. The standard InChI is InChI=1S/C15H24N2O3/c1-14(6-5-9-20-14)11-17-10-12(18)16-15(13(17)19)7-3-2-4-8-15/h2-11H2,1H3,(H,16,18). The summed E-state index contributed by atoms with van der Waals surface area (Å²) in [5.74, 6) is 0.0848. The van der Waals surface area contributed by atoms with Crippen LogP contribution in [-0.4, -0.2) is 47.6 Å². The van der Waals surface area contributed by atoms with Crippen LogP contribution in [0.1, 0.15) is 51.9 Å². The zero-order valence-electron chi connectivity index (χ0n) is 12.2. The fourth-order valence-corrected chi connectivity index (χ4v) is 3.89. The summed E-state index contributed by atoms with van der Waals surface area (Å²) in [5, 5.41) is 2.98. The Bertz CT molecular complexity index is 409. The quantitative estimate of drug-likeness (QED) is 0.827. The number of carbonyl (C=O) groups is 2. The van der Waals surface area contributed by atoms with Gasteiger partial charge in [0.15, 0.2) is 0 Å². The van der Waals surface area contributed by atoms with Crippen molar-refractivity contribution in [1.82, 2.24) is 10.2 Å². The Morgan fingerprint density at radius 3 is 2.55 bits per heavy atom. The van der Waals surface area contributed by atoms with Crippen molar-refractivity contribution in [3.05, 3.63) is 0 Å². The van der Waals surface area contributed by atoms with Gasteiger partial charge in [-0.25, -0.2) is 0 Å². The number of piperazine rings is 1. The number of ether oxygens (including phenoxy) is 1. The summed E-state index contributed by atoms with van der Waals surface area (Å²) in [6, 6.07) is 0. The summed E-state index contributed by atoms with van der Waals surface area (Å²) >= 11 is 0. The molecule has 112 valence electrons. The second kappa shape index (κ2) is 5.02. The van der Waals surface area contributed by atoms with Crippen LogP contribution in [0.5, 0.6) is 0 Å². The molecule has 5 nitrogen and oxygen atoms in total. The van der Waals surface area contributed by atoms with Gasteiger partial charge in [-0.1, -0.05) is 19.3 Å². The molecule has 1 atom stereocenters. The highest BCUT2D eigenvalue weighted by atomic mass is 16.5. The highest BCUT2D eigenvalue weighted by Gasteiger charge is 2.48. The summed E-state index contributed by atoms with van der Waals surface area (Å²) in [5.41, 5.74) is -0.897. The molecule has 1 spiro atoms. The van der Waals surface area contributed by atoms with Crippen LogP contribution in [0.25, 0.3) is 0 Å². The van der Waals surface area contributed by atoms with Gasteiger partial charge < -0.3 is 15.0 Å². The van der Waals surface area contributed by atoms with Gasteiger partial charge in [-0.15, -0.1) is 0 Å². The fourth-order valence-electron chi connectivity index (χ4n) is 3.89. The molecule has 5 heteroatoms. The zero-order valence-corrected chi connectivity index (χ0v) is 12.2. The van der Waals surface area contributed by atoms with Crippen LogP contribution in [0.15, 0.2) is 0 Å². The van der Waals surface area contributed by atoms with E-state index < -0.39 is 5.54 Å². The van der Waals surface area contributed by atoms with Crippen LogP contribution >= 0.6 is 0 Å². The Hall–Kier alpha value is -1.10. The SMILES string of the molecule is CC1(CN2CC(=O)NC3(CCCCC3)C2=O)CCCO1. The topological polar surface area (TPSA) is 58.6 Å². The first-order chi connectivity index (χ1) is 9.53. The molecule has 1 N–H and O–H groups in total. The van der Waals surface area contributed by atoms with Gasteiger partial charge in [-0.2, -0.15) is 0 Å². The molecular weight excluding hydrogens is 256 g/mol. The average molecular weight is 280 g/mol. The van der Waals surface area contributed by atoms with Crippen molar-refractivity contribution in [3.63, 3.8) is 0 Å². The van der Waals surface area contributed by atoms with Crippen LogP contribution in [-0.2, 0) is 14.3 Å². The van der Waals surface area contributed by atoms with Crippen LogP contribution in [0.3, 0.4) is 0 Å². The van der Waals surface area contributed by atoms with Gasteiger partial charge in [0.05, 0.1) is 18.7 Å². The molecule has 20 heavy (non-hydrogen) atoms. The van der Waals surface area contributed by atoms with Gasteiger partial charge in [0, 0.05) is 6.61 Å². The number of hydrogen-bond donors (Lipinski definition) is 1. The van der Waals surface area contributed by atoms with Gasteiger partial charge in [-0.3, -0.25) is 9.59 Å². The third kappa shape index (κ3) is 2.43. The lowest BCUT2D eigenvalue weighted by Gasteiger charge is -2.45. The summed E-state index contributed by atoms with van der Waals surface area (Å²) in [4.78, 5) is 26.6. The highest BCUT2D eigenvalue weighted by molar-refractivity contribution is 5.98. The molecule has 3 rings (SSSR count). The van der Waals surface area contributed by atoms with E-state index in [1.807, 2.05) is 6.92 Å². The summed E-state index contributed by atoms with van der Waals surface area (Å²) in [6.07, 6.45) is 6.77. The maximum absolute atomic E-state index is 12.8. The minimum Gasteiger partial charge on any atom is -0.373 e. The number of carbonyl (C=O) groups excluding carboxylic acids is 2. The molecule has 1 unspecified atom stereocenters. The van der Waals surface area contributed by atoms with E-state index in [4.69, 9.17) is 4.74 Å². The molecule has 0 aromatic carbocycles. The second-order valence-electron chi connectivity index (χ2n) is 6.75. The first-order valence-electron chi connectivity index (χ1n) is 7.77. The maximum atomic E-state index is 12.8. The van der Waals surface area contributed by atoms with E-state index in [1.54, 1.807) is 4.90 Å². The zero-order chi connectivity index (χ0) is 14.2. The molecule has 1 aliphatic carbocycles. The highest BCUT2D eigenvalue weighted by Crippen LogP contribution is 2.34. The van der Waals surface area contributed by atoms with E-state index in [0.717, 1.165) is 51.6 Å². The van der Waals surface area contributed by atoms with E-state index in [0.29, 0.717) is 6.54 Å². The van der Waals surface area contributed by atoms with Gasteiger partial charge in [0.2, 0.25) is 11.8 Å². The summed E-state index contributed by atoms with van der Waals surface area (Å²) in [6.45, 7) is 3.53. The maximum Gasteiger partial charge on any atom is 0.248 e. The molecule has 3 fully saturated rings. The molecule has 0 aromatic rings. The normalized spacial score (nSPS) is 33.5. The predicted molar refractivity (Wildman–Crippen MR) is 74.1 cm³/mol. The van der Waals surface area contributed by atoms with Gasteiger partial charge in [-0.05, 0) is 32.6 Å². The number of nitrogens with zero attached hydrogens (tertiary/aromatic N) is 1. The Labute approximate surface area is 120 Å². The molecule has 3 aliphatic rings. The van der Waals surface area contributed by atoms with Crippen molar-refractivity contribution in [2.75, 3.05) is 19.7 Å². The predicted octanol–water partition coefficient (Wildman–Crippen LogP) is 1.22. The molecule has 0 aromatic heterocycles. The van der Waals surface area contributed by atoms with Crippen LogP contribution in [0.2, 0.25) is 0 Å². The fraction of sp³-hybridized carbons (Fsp3) is 0.867. The van der Waals surface area contributed by atoms with E-state index in [2.05, 4.69) is 5.32 Å². The van der Waals surface area contributed by atoms with E-state index >= 15 is 0 Å². The number of amides is 2. The lowest BCUT2D eigenvalue weighted by molar-refractivity contribution is -0.155. The Kier molecular flexibility index (Phi) is 3.48. The van der Waals surface area contributed by atoms with Crippen molar-refractivity contribution in [1.29, 1.82) is 0 Å². The monoisotopic (exact) mass is 280 g/mol. The van der Waals surface area contributed by atoms with Crippen molar-refractivity contribution in [2.45, 2.75) is 63.0 Å². The van der Waals surface area contributed by atoms with Crippen molar-refractivity contribution >= 4 is 11.8 Å². The molecule has 2 aliphatic heterocycles. The van der Waals surface area contributed by atoms with E-state index in [-0.39, 0.29) is 24.0 Å². The number of rotatable bonds is 2. The Morgan fingerprint density at radius 2 is 1.90 bits per heavy atom. The third-order valence-corrected chi connectivity index (χ3v) is 4.94. The smallest absolute Gasteiger partial charge is 0.248 e. The van der Waals surface area contributed by atoms with Crippen molar-refractivity contribution in [2.24, 2.45) is 0 Å². The van der Waals surface area contributed by atoms with Crippen molar-refractivity contribution in [3.8, 4) is 0 Å². The Morgan fingerprint density at radius 1 is 1.15 bits per heavy atom. The van der Waals surface area contributed by atoms with Crippen LogP contribution in [0, 0.1) is 0 Å². The molecule has 2 heterocycles. The molecule has 2 saturated heterocycles. The first-order valence-corrected chi connectivity index (χ1v) is 7.77.